The number of benzene rings is 1. The molecule has 2 aromatic rings. The summed E-state index contributed by atoms with van der Waals surface area (Å²) in [7, 11) is 3.37. The van der Waals surface area contributed by atoms with Crippen molar-refractivity contribution in [2.75, 3.05) is 27.4 Å². The highest BCUT2D eigenvalue weighted by Crippen LogP contribution is 2.38. The van der Waals surface area contributed by atoms with Crippen LogP contribution in [0.25, 0.3) is 0 Å². The van der Waals surface area contributed by atoms with Gasteiger partial charge in [0.05, 0.1) is 31.5 Å². The van der Waals surface area contributed by atoms with Crippen LogP contribution in [0, 0.1) is 0 Å². The minimum atomic E-state index is 0.00366. The van der Waals surface area contributed by atoms with Crippen LogP contribution in [0.15, 0.2) is 48.7 Å². The van der Waals surface area contributed by atoms with Gasteiger partial charge in [0.1, 0.15) is 5.75 Å². The number of methoxy groups -OCH3 is 2. The van der Waals surface area contributed by atoms with Gasteiger partial charge in [-0.15, -0.1) is 0 Å². The first-order chi connectivity index (χ1) is 11.7. The first-order valence-corrected chi connectivity index (χ1v) is 8.26. The molecule has 24 heavy (non-hydrogen) atoms. The first-order valence-electron chi connectivity index (χ1n) is 7.85. The van der Waals surface area contributed by atoms with Gasteiger partial charge in [-0.05, 0) is 42.0 Å². The van der Waals surface area contributed by atoms with E-state index in [1.165, 1.54) is 0 Å². The average Bonchev–Trinajstić information content (AvgIpc) is 2.97. The van der Waals surface area contributed by atoms with Gasteiger partial charge in [-0.25, -0.2) is 0 Å². The molecular weight excluding hydrogens is 322 g/mol. The van der Waals surface area contributed by atoms with Crippen molar-refractivity contribution in [3.8, 4) is 5.75 Å². The van der Waals surface area contributed by atoms with Crippen LogP contribution in [-0.4, -0.2) is 42.4 Å². The van der Waals surface area contributed by atoms with Crippen LogP contribution in [0.1, 0.15) is 23.3 Å². The lowest BCUT2D eigenvalue weighted by Crippen LogP contribution is -2.32. The van der Waals surface area contributed by atoms with Gasteiger partial charge in [-0.1, -0.05) is 18.2 Å². The zero-order chi connectivity index (χ0) is 16.9. The summed E-state index contributed by atoms with van der Waals surface area (Å²) in [6, 6.07) is 14.1. The molecule has 2 atom stereocenters. The highest BCUT2D eigenvalue weighted by molar-refractivity contribution is 7.80. The molecule has 0 saturated carbocycles. The van der Waals surface area contributed by atoms with E-state index in [4.69, 9.17) is 21.7 Å². The van der Waals surface area contributed by atoms with E-state index in [9.17, 15) is 0 Å². The monoisotopic (exact) mass is 343 g/mol. The number of aromatic nitrogens is 1. The van der Waals surface area contributed by atoms with E-state index in [0.29, 0.717) is 6.61 Å². The van der Waals surface area contributed by atoms with Crippen molar-refractivity contribution >= 4 is 17.3 Å². The van der Waals surface area contributed by atoms with Crippen LogP contribution in [0.2, 0.25) is 0 Å². The minimum Gasteiger partial charge on any atom is -0.497 e. The van der Waals surface area contributed by atoms with Crippen molar-refractivity contribution in [1.29, 1.82) is 0 Å². The molecule has 1 aliphatic rings. The molecule has 2 heterocycles. The molecule has 0 radical (unpaired) electrons. The minimum absolute atomic E-state index is 0.00366. The van der Waals surface area contributed by atoms with Crippen molar-refractivity contribution in [1.82, 2.24) is 15.2 Å². The highest BCUT2D eigenvalue weighted by Gasteiger charge is 2.39. The normalized spacial score (nSPS) is 20.1. The third kappa shape index (κ3) is 3.34. The highest BCUT2D eigenvalue weighted by atomic mass is 32.1. The predicted molar refractivity (Wildman–Crippen MR) is 97.0 cm³/mol. The molecule has 1 saturated heterocycles. The maximum absolute atomic E-state index is 5.56. The molecule has 0 amide bonds. The standard InChI is InChI=1S/C18H21N3O2S/c1-22-12-11-21-17(13-6-8-14(23-2)9-7-13)16(20-18(21)24)15-5-3-4-10-19-15/h3-10,16-17H,11-12H2,1-2H3,(H,20,24)/t16-,17+/m0/s1. The van der Waals surface area contributed by atoms with Gasteiger partial charge in [0.15, 0.2) is 5.11 Å². The molecule has 0 aliphatic carbocycles. The number of hydrogen-bond donors (Lipinski definition) is 1. The van der Waals surface area contributed by atoms with E-state index in [0.717, 1.165) is 28.7 Å². The van der Waals surface area contributed by atoms with Gasteiger partial charge in [-0.3, -0.25) is 4.98 Å². The number of nitrogens with one attached hydrogen (secondary N) is 1. The van der Waals surface area contributed by atoms with Crippen molar-refractivity contribution in [2.45, 2.75) is 12.1 Å². The molecule has 1 N–H and O–H groups in total. The molecule has 0 spiro atoms. The van der Waals surface area contributed by atoms with Gasteiger partial charge in [0.2, 0.25) is 0 Å². The van der Waals surface area contributed by atoms with E-state index in [1.807, 2.05) is 36.5 Å². The van der Waals surface area contributed by atoms with E-state index in [-0.39, 0.29) is 12.1 Å². The number of rotatable bonds is 6. The number of hydrogen-bond acceptors (Lipinski definition) is 4. The zero-order valence-electron chi connectivity index (χ0n) is 13.8. The van der Waals surface area contributed by atoms with Gasteiger partial charge < -0.3 is 19.7 Å². The largest absolute Gasteiger partial charge is 0.497 e. The number of ether oxygens (including phenoxy) is 2. The topological polar surface area (TPSA) is 46.6 Å². The lowest BCUT2D eigenvalue weighted by molar-refractivity contribution is 0.164. The maximum atomic E-state index is 5.56. The van der Waals surface area contributed by atoms with Gasteiger partial charge in [0.25, 0.3) is 0 Å². The SMILES string of the molecule is COCCN1C(=S)N[C@@H](c2ccccn2)[C@H]1c1ccc(OC)cc1. The van der Waals surface area contributed by atoms with Crippen molar-refractivity contribution in [2.24, 2.45) is 0 Å². The van der Waals surface area contributed by atoms with Crippen LogP contribution in [0.3, 0.4) is 0 Å². The van der Waals surface area contributed by atoms with Crippen LogP contribution in [-0.2, 0) is 4.74 Å². The van der Waals surface area contributed by atoms with Crippen molar-refractivity contribution in [3.63, 3.8) is 0 Å². The molecular formula is C18H21N3O2S. The second kappa shape index (κ2) is 7.59. The summed E-state index contributed by atoms with van der Waals surface area (Å²) < 4.78 is 10.5. The Morgan fingerprint density at radius 2 is 1.96 bits per heavy atom. The fourth-order valence-corrected chi connectivity index (χ4v) is 3.33. The number of thiocarbonyl (C=S) groups is 1. The van der Waals surface area contributed by atoms with Gasteiger partial charge in [-0.2, -0.15) is 0 Å². The lowest BCUT2D eigenvalue weighted by Gasteiger charge is -2.27. The van der Waals surface area contributed by atoms with E-state index in [2.05, 4.69) is 27.3 Å². The Balaban J connectivity index is 1.96. The Labute approximate surface area is 147 Å². The van der Waals surface area contributed by atoms with Crippen LogP contribution in [0.4, 0.5) is 0 Å². The Morgan fingerprint density at radius 1 is 1.17 bits per heavy atom. The summed E-state index contributed by atoms with van der Waals surface area (Å²) in [6.07, 6.45) is 1.81. The summed E-state index contributed by atoms with van der Waals surface area (Å²) in [4.78, 5) is 6.68. The summed E-state index contributed by atoms with van der Waals surface area (Å²) in [6.45, 7) is 1.34. The van der Waals surface area contributed by atoms with Crippen molar-refractivity contribution in [3.05, 3.63) is 59.9 Å². The Bertz CT molecular complexity index is 678. The Kier molecular flexibility index (Phi) is 5.27. The zero-order valence-corrected chi connectivity index (χ0v) is 14.6. The third-order valence-corrected chi connectivity index (χ3v) is 4.54. The summed E-state index contributed by atoms with van der Waals surface area (Å²) in [5.41, 5.74) is 2.13. The number of nitrogens with zero attached hydrogens (tertiary/aromatic N) is 2. The molecule has 0 bridgehead atoms. The third-order valence-electron chi connectivity index (χ3n) is 4.19. The molecule has 1 fully saturated rings. The van der Waals surface area contributed by atoms with E-state index >= 15 is 0 Å². The van der Waals surface area contributed by atoms with Crippen molar-refractivity contribution < 1.29 is 9.47 Å². The maximum Gasteiger partial charge on any atom is 0.170 e. The predicted octanol–water partition coefficient (Wildman–Crippen LogP) is 2.71. The molecule has 1 aliphatic heterocycles. The molecule has 3 rings (SSSR count). The smallest absolute Gasteiger partial charge is 0.170 e. The average molecular weight is 343 g/mol. The molecule has 126 valence electrons. The Morgan fingerprint density at radius 3 is 2.58 bits per heavy atom. The molecule has 5 nitrogen and oxygen atoms in total. The molecule has 1 aromatic heterocycles. The second-order valence-corrected chi connectivity index (χ2v) is 5.97. The molecule has 0 unspecified atom stereocenters. The van der Waals surface area contributed by atoms with Crippen LogP contribution in [0.5, 0.6) is 5.75 Å². The van der Waals surface area contributed by atoms with E-state index in [1.54, 1.807) is 14.2 Å². The van der Waals surface area contributed by atoms with Gasteiger partial charge >= 0.3 is 0 Å². The lowest BCUT2D eigenvalue weighted by atomic mass is 9.97. The summed E-state index contributed by atoms with van der Waals surface area (Å²) in [5.74, 6) is 0.838. The summed E-state index contributed by atoms with van der Waals surface area (Å²) in [5, 5.41) is 4.14. The Hall–Kier alpha value is -2.18. The first kappa shape index (κ1) is 16.7. The molecule has 1 aromatic carbocycles. The quantitative estimate of drug-likeness (QED) is 0.814. The van der Waals surface area contributed by atoms with Crippen LogP contribution < -0.4 is 10.1 Å². The fourth-order valence-electron chi connectivity index (χ4n) is 3.00. The van der Waals surface area contributed by atoms with E-state index < -0.39 is 0 Å². The van der Waals surface area contributed by atoms with Crippen LogP contribution >= 0.6 is 12.2 Å². The molecule has 6 heteroatoms. The summed E-state index contributed by atoms with van der Waals surface area (Å²) >= 11 is 5.56. The number of pyridine rings is 1. The second-order valence-electron chi connectivity index (χ2n) is 5.59. The fraction of sp³-hybridized carbons (Fsp3) is 0.333. The van der Waals surface area contributed by atoms with Gasteiger partial charge in [0, 0.05) is 19.9 Å².